The van der Waals surface area contributed by atoms with Crippen molar-refractivity contribution in [2.75, 3.05) is 16.8 Å². The van der Waals surface area contributed by atoms with E-state index in [0.717, 1.165) is 21.9 Å². The summed E-state index contributed by atoms with van der Waals surface area (Å²) in [7, 11) is 0. The molecule has 0 aliphatic rings. The second kappa shape index (κ2) is 6.48. The quantitative estimate of drug-likeness (QED) is 0.661. The lowest BCUT2D eigenvalue weighted by molar-refractivity contribution is 0.102. The van der Waals surface area contributed by atoms with Gasteiger partial charge < -0.3 is 11.1 Å². The van der Waals surface area contributed by atoms with Gasteiger partial charge in [-0.15, -0.1) is 11.8 Å². The number of nitrogen functional groups attached to an aromatic ring is 1. The first kappa shape index (κ1) is 14.5. The number of para-hydroxylation sites is 1. The molecule has 3 N–H and O–H groups in total. The zero-order valence-corrected chi connectivity index (χ0v) is 12.5. The highest BCUT2D eigenvalue weighted by Crippen LogP contribution is 2.27. The summed E-state index contributed by atoms with van der Waals surface area (Å²) in [6.07, 6.45) is 0. The van der Waals surface area contributed by atoms with E-state index in [1.165, 1.54) is 0 Å². The third kappa shape index (κ3) is 3.33. The van der Waals surface area contributed by atoms with Gasteiger partial charge in [-0.3, -0.25) is 4.79 Å². The van der Waals surface area contributed by atoms with Crippen LogP contribution in [-0.2, 0) is 0 Å². The zero-order valence-electron chi connectivity index (χ0n) is 11.6. The van der Waals surface area contributed by atoms with E-state index < -0.39 is 0 Å². The standard InChI is InChI=1S/C16H18N2OS/c1-3-20-15-7-5-4-6-14(15)18-16(19)12-8-9-13(17)11(2)10-12/h4-10H,3,17H2,1-2H3,(H,18,19). The fraction of sp³-hybridized carbons (Fsp3) is 0.188. The molecule has 0 fully saturated rings. The summed E-state index contributed by atoms with van der Waals surface area (Å²) >= 11 is 1.71. The highest BCUT2D eigenvalue weighted by atomic mass is 32.2. The average Bonchev–Trinajstić information content (AvgIpc) is 2.44. The molecule has 0 aromatic heterocycles. The molecule has 1 amide bonds. The summed E-state index contributed by atoms with van der Waals surface area (Å²) in [5, 5.41) is 2.96. The number of hydrogen-bond acceptors (Lipinski definition) is 3. The highest BCUT2D eigenvalue weighted by Gasteiger charge is 2.09. The molecule has 104 valence electrons. The maximum Gasteiger partial charge on any atom is 0.255 e. The van der Waals surface area contributed by atoms with Crippen molar-refractivity contribution in [1.82, 2.24) is 0 Å². The van der Waals surface area contributed by atoms with Crippen molar-refractivity contribution in [3.05, 3.63) is 53.6 Å². The summed E-state index contributed by atoms with van der Waals surface area (Å²) in [5.74, 6) is 0.852. The van der Waals surface area contributed by atoms with Crippen LogP contribution in [0.25, 0.3) is 0 Å². The van der Waals surface area contributed by atoms with Gasteiger partial charge in [-0.25, -0.2) is 0 Å². The third-order valence-electron chi connectivity index (χ3n) is 2.97. The predicted octanol–water partition coefficient (Wildman–Crippen LogP) is 3.94. The van der Waals surface area contributed by atoms with Crippen LogP contribution >= 0.6 is 11.8 Å². The van der Waals surface area contributed by atoms with Crippen molar-refractivity contribution in [2.24, 2.45) is 0 Å². The van der Waals surface area contributed by atoms with Gasteiger partial charge in [-0.05, 0) is 48.6 Å². The number of nitrogens with one attached hydrogen (secondary N) is 1. The molecular formula is C16H18N2OS. The zero-order chi connectivity index (χ0) is 14.5. The fourth-order valence-corrected chi connectivity index (χ4v) is 2.62. The predicted molar refractivity (Wildman–Crippen MR) is 86.4 cm³/mol. The molecule has 20 heavy (non-hydrogen) atoms. The van der Waals surface area contributed by atoms with Gasteiger partial charge in [0.25, 0.3) is 5.91 Å². The van der Waals surface area contributed by atoms with E-state index in [9.17, 15) is 4.79 Å². The molecule has 0 heterocycles. The molecule has 0 atom stereocenters. The Labute approximate surface area is 123 Å². The van der Waals surface area contributed by atoms with Crippen LogP contribution in [0.15, 0.2) is 47.4 Å². The van der Waals surface area contributed by atoms with Crippen molar-refractivity contribution in [3.8, 4) is 0 Å². The molecule has 0 unspecified atom stereocenters. The Balaban J connectivity index is 2.21. The van der Waals surface area contributed by atoms with Gasteiger partial charge >= 0.3 is 0 Å². The molecule has 3 nitrogen and oxygen atoms in total. The van der Waals surface area contributed by atoms with E-state index in [0.29, 0.717) is 11.3 Å². The molecule has 0 bridgehead atoms. The summed E-state index contributed by atoms with van der Waals surface area (Å²) < 4.78 is 0. The third-order valence-corrected chi connectivity index (χ3v) is 3.92. The smallest absolute Gasteiger partial charge is 0.255 e. The largest absolute Gasteiger partial charge is 0.399 e. The molecule has 2 aromatic carbocycles. The lowest BCUT2D eigenvalue weighted by Crippen LogP contribution is -2.13. The molecule has 2 aromatic rings. The van der Waals surface area contributed by atoms with Crippen molar-refractivity contribution >= 4 is 29.0 Å². The summed E-state index contributed by atoms with van der Waals surface area (Å²) in [6.45, 7) is 3.99. The molecular weight excluding hydrogens is 268 g/mol. The number of carbonyl (C=O) groups is 1. The molecule has 4 heteroatoms. The van der Waals surface area contributed by atoms with Crippen molar-refractivity contribution in [2.45, 2.75) is 18.7 Å². The van der Waals surface area contributed by atoms with Gasteiger partial charge in [0.2, 0.25) is 0 Å². The number of rotatable bonds is 4. The van der Waals surface area contributed by atoms with Crippen molar-refractivity contribution in [1.29, 1.82) is 0 Å². The van der Waals surface area contributed by atoms with Gasteiger partial charge in [0.15, 0.2) is 0 Å². The van der Waals surface area contributed by atoms with Gasteiger partial charge in [-0.2, -0.15) is 0 Å². The minimum absolute atomic E-state index is 0.114. The molecule has 0 radical (unpaired) electrons. The van der Waals surface area contributed by atoms with E-state index in [-0.39, 0.29) is 5.91 Å². The Morgan fingerprint density at radius 1 is 1.25 bits per heavy atom. The topological polar surface area (TPSA) is 55.1 Å². The number of hydrogen-bond donors (Lipinski definition) is 2. The maximum absolute atomic E-state index is 12.3. The second-order valence-corrected chi connectivity index (χ2v) is 5.76. The lowest BCUT2D eigenvalue weighted by atomic mass is 10.1. The first-order valence-corrected chi connectivity index (χ1v) is 7.49. The number of thioether (sulfide) groups is 1. The first-order chi connectivity index (χ1) is 9.61. The Bertz CT molecular complexity index is 626. The Morgan fingerprint density at radius 3 is 2.70 bits per heavy atom. The van der Waals surface area contributed by atoms with Crippen molar-refractivity contribution < 1.29 is 4.79 Å². The van der Waals surface area contributed by atoms with Crippen LogP contribution in [-0.4, -0.2) is 11.7 Å². The number of carbonyl (C=O) groups excluding carboxylic acids is 1. The van der Waals surface area contributed by atoms with E-state index in [2.05, 4.69) is 12.2 Å². The summed E-state index contributed by atoms with van der Waals surface area (Å²) in [6, 6.07) is 13.1. The molecule has 0 aliphatic carbocycles. The van der Waals surface area contributed by atoms with Gasteiger partial charge in [0.1, 0.15) is 0 Å². The monoisotopic (exact) mass is 286 g/mol. The van der Waals surface area contributed by atoms with Crippen LogP contribution in [0.2, 0.25) is 0 Å². The number of anilines is 2. The van der Waals surface area contributed by atoms with E-state index in [1.807, 2.05) is 31.2 Å². The number of amides is 1. The normalized spacial score (nSPS) is 10.3. The lowest BCUT2D eigenvalue weighted by Gasteiger charge is -2.10. The second-order valence-electron chi connectivity index (χ2n) is 4.45. The van der Waals surface area contributed by atoms with Crippen LogP contribution in [0.3, 0.4) is 0 Å². The van der Waals surface area contributed by atoms with E-state index in [4.69, 9.17) is 5.73 Å². The Morgan fingerprint density at radius 2 is 2.00 bits per heavy atom. The van der Waals surface area contributed by atoms with Crippen molar-refractivity contribution in [3.63, 3.8) is 0 Å². The molecule has 0 spiro atoms. The minimum Gasteiger partial charge on any atom is -0.399 e. The maximum atomic E-state index is 12.3. The van der Waals surface area contributed by atoms with E-state index in [1.54, 1.807) is 30.0 Å². The van der Waals surface area contributed by atoms with E-state index >= 15 is 0 Å². The Kier molecular flexibility index (Phi) is 4.69. The molecule has 0 saturated heterocycles. The van der Waals surface area contributed by atoms with Crippen LogP contribution < -0.4 is 11.1 Å². The molecule has 0 aliphatic heterocycles. The molecule has 2 rings (SSSR count). The SMILES string of the molecule is CCSc1ccccc1NC(=O)c1ccc(N)c(C)c1. The minimum atomic E-state index is -0.114. The number of aryl methyl sites for hydroxylation is 1. The van der Waals surface area contributed by atoms with Gasteiger partial charge in [-0.1, -0.05) is 19.1 Å². The summed E-state index contributed by atoms with van der Waals surface area (Å²) in [5.41, 5.74) is 8.84. The number of benzene rings is 2. The first-order valence-electron chi connectivity index (χ1n) is 6.51. The van der Waals surface area contributed by atoms with Crippen LogP contribution in [0.4, 0.5) is 11.4 Å². The molecule has 0 saturated carbocycles. The fourth-order valence-electron chi connectivity index (χ4n) is 1.86. The number of nitrogens with two attached hydrogens (primary N) is 1. The van der Waals surface area contributed by atoms with Crippen LogP contribution in [0.1, 0.15) is 22.8 Å². The van der Waals surface area contributed by atoms with Gasteiger partial charge in [0.05, 0.1) is 5.69 Å². The van der Waals surface area contributed by atoms with Gasteiger partial charge in [0, 0.05) is 16.1 Å². The highest BCUT2D eigenvalue weighted by molar-refractivity contribution is 7.99. The van der Waals surface area contributed by atoms with Crippen LogP contribution in [0.5, 0.6) is 0 Å². The van der Waals surface area contributed by atoms with Crippen LogP contribution in [0, 0.1) is 6.92 Å². The average molecular weight is 286 g/mol. The summed E-state index contributed by atoms with van der Waals surface area (Å²) in [4.78, 5) is 13.4. The Hall–Kier alpha value is -1.94.